The Kier molecular flexibility index (Phi) is 4.95. The molecule has 0 bridgehead atoms. The first-order valence-corrected chi connectivity index (χ1v) is 8.24. The van der Waals surface area contributed by atoms with Crippen molar-refractivity contribution in [3.8, 4) is 22.2 Å². The number of benzene rings is 1. The van der Waals surface area contributed by atoms with E-state index in [4.69, 9.17) is 4.42 Å². The van der Waals surface area contributed by atoms with Crippen molar-refractivity contribution in [1.29, 1.82) is 0 Å². The number of aryl methyl sites for hydroxylation is 1. The average Bonchev–Trinajstić information content (AvgIpc) is 3.28. The molecule has 6 nitrogen and oxygen atoms in total. The second-order valence-electron chi connectivity index (χ2n) is 5.41. The van der Waals surface area contributed by atoms with Gasteiger partial charge in [-0.3, -0.25) is 4.98 Å². The molecule has 9 heteroatoms. The van der Waals surface area contributed by atoms with Crippen molar-refractivity contribution in [1.82, 2.24) is 24.8 Å². The summed E-state index contributed by atoms with van der Waals surface area (Å²) in [5, 5.41) is 15.0. The molecule has 5 rings (SSSR count). The van der Waals surface area contributed by atoms with E-state index in [1.54, 1.807) is 16.9 Å². The van der Waals surface area contributed by atoms with Crippen molar-refractivity contribution in [3.05, 3.63) is 54.4 Å². The van der Waals surface area contributed by atoms with E-state index in [1.165, 1.54) is 11.3 Å². The standard InChI is InChI=1S/C17H11N5OS.2ClH/c1-10-12-4-2-3-5-13(12)23-14(10)16-21-22-15(19-20-17(22)24-16)11-6-8-18-9-7-11;;/h2-9H,1H3;2*1H. The molecule has 0 aliphatic rings. The van der Waals surface area contributed by atoms with Gasteiger partial charge in [0.1, 0.15) is 5.58 Å². The molecule has 0 N–H and O–H groups in total. The zero-order valence-corrected chi connectivity index (χ0v) is 15.9. The molecule has 0 aliphatic heterocycles. The molecular weight excluding hydrogens is 393 g/mol. The Morgan fingerprint density at radius 1 is 1.00 bits per heavy atom. The van der Waals surface area contributed by atoms with Crippen molar-refractivity contribution >= 4 is 52.1 Å². The number of nitrogens with zero attached hydrogens (tertiary/aromatic N) is 5. The largest absolute Gasteiger partial charge is 0.453 e. The third-order valence-electron chi connectivity index (χ3n) is 3.97. The van der Waals surface area contributed by atoms with Crippen LogP contribution in [0.25, 0.3) is 38.1 Å². The normalized spacial score (nSPS) is 10.7. The molecule has 0 atom stereocenters. The molecule has 0 aliphatic carbocycles. The Hall–Kier alpha value is -2.48. The Bertz CT molecular complexity index is 1180. The first-order chi connectivity index (χ1) is 11.8. The predicted molar refractivity (Wildman–Crippen MR) is 106 cm³/mol. The van der Waals surface area contributed by atoms with Crippen molar-refractivity contribution < 1.29 is 4.42 Å². The number of fused-ring (bicyclic) bond motifs is 2. The van der Waals surface area contributed by atoms with E-state index >= 15 is 0 Å². The van der Waals surface area contributed by atoms with Gasteiger partial charge in [0, 0.05) is 28.9 Å². The minimum absolute atomic E-state index is 0. The van der Waals surface area contributed by atoms with Gasteiger partial charge < -0.3 is 4.42 Å². The minimum atomic E-state index is 0. The van der Waals surface area contributed by atoms with Gasteiger partial charge in [0.15, 0.2) is 16.6 Å². The van der Waals surface area contributed by atoms with Crippen LogP contribution in [0.4, 0.5) is 0 Å². The lowest BCUT2D eigenvalue weighted by atomic mass is 10.1. The fourth-order valence-corrected chi connectivity index (χ4v) is 3.65. The number of pyridine rings is 1. The molecule has 4 aromatic heterocycles. The van der Waals surface area contributed by atoms with Crippen LogP contribution in [0.1, 0.15) is 5.56 Å². The summed E-state index contributed by atoms with van der Waals surface area (Å²) in [6, 6.07) is 11.8. The lowest BCUT2D eigenvalue weighted by Gasteiger charge is -1.95. The Morgan fingerprint density at radius 3 is 2.54 bits per heavy atom. The van der Waals surface area contributed by atoms with Crippen molar-refractivity contribution in [3.63, 3.8) is 0 Å². The number of rotatable bonds is 2. The number of aromatic nitrogens is 5. The van der Waals surface area contributed by atoms with Crippen LogP contribution in [0.5, 0.6) is 0 Å². The topological polar surface area (TPSA) is 69.1 Å². The van der Waals surface area contributed by atoms with Crippen molar-refractivity contribution in [2.45, 2.75) is 6.92 Å². The lowest BCUT2D eigenvalue weighted by molar-refractivity contribution is 0.626. The fraction of sp³-hybridized carbons (Fsp3) is 0.0588. The van der Waals surface area contributed by atoms with E-state index in [1.807, 2.05) is 37.3 Å². The van der Waals surface area contributed by atoms with Crippen molar-refractivity contribution in [2.75, 3.05) is 0 Å². The van der Waals surface area contributed by atoms with Crippen LogP contribution in [0, 0.1) is 6.92 Å². The molecule has 26 heavy (non-hydrogen) atoms. The second kappa shape index (κ2) is 7.03. The maximum Gasteiger partial charge on any atom is 0.235 e. The number of halogens is 2. The fourth-order valence-electron chi connectivity index (χ4n) is 2.77. The SMILES string of the molecule is Cc1c(-c2nn3c(-c4ccncc4)nnc3s2)oc2ccccc12.Cl.Cl. The smallest absolute Gasteiger partial charge is 0.235 e. The van der Waals surface area contributed by atoms with Gasteiger partial charge >= 0.3 is 0 Å². The van der Waals surface area contributed by atoms with Gasteiger partial charge in [-0.25, -0.2) is 0 Å². The van der Waals surface area contributed by atoms with Gasteiger partial charge in [-0.2, -0.15) is 4.52 Å². The van der Waals surface area contributed by atoms with Crippen LogP contribution in [0.2, 0.25) is 0 Å². The van der Waals surface area contributed by atoms with Crippen LogP contribution in [0.15, 0.2) is 53.2 Å². The highest BCUT2D eigenvalue weighted by Gasteiger charge is 2.19. The van der Waals surface area contributed by atoms with Crippen LogP contribution in [-0.4, -0.2) is 24.8 Å². The highest BCUT2D eigenvalue weighted by Crippen LogP contribution is 2.35. The zero-order chi connectivity index (χ0) is 16.1. The van der Waals surface area contributed by atoms with E-state index in [0.717, 1.165) is 37.8 Å². The summed E-state index contributed by atoms with van der Waals surface area (Å²) in [5.41, 5.74) is 2.88. The van der Waals surface area contributed by atoms with E-state index in [9.17, 15) is 0 Å². The molecule has 4 heterocycles. The van der Waals surface area contributed by atoms with Crippen LogP contribution >= 0.6 is 36.2 Å². The van der Waals surface area contributed by atoms with Gasteiger partial charge in [-0.05, 0) is 25.1 Å². The maximum atomic E-state index is 6.01. The summed E-state index contributed by atoms with van der Waals surface area (Å²) in [6.45, 7) is 2.05. The molecule has 132 valence electrons. The highest BCUT2D eigenvalue weighted by atomic mass is 35.5. The molecule has 0 radical (unpaired) electrons. The molecule has 0 fully saturated rings. The summed E-state index contributed by atoms with van der Waals surface area (Å²) in [7, 11) is 0. The van der Waals surface area contributed by atoms with Crippen LogP contribution in [-0.2, 0) is 0 Å². The van der Waals surface area contributed by atoms with Crippen LogP contribution < -0.4 is 0 Å². The lowest BCUT2D eigenvalue weighted by Crippen LogP contribution is -1.91. The van der Waals surface area contributed by atoms with Crippen molar-refractivity contribution in [2.24, 2.45) is 0 Å². The van der Waals surface area contributed by atoms with Gasteiger partial charge in [-0.1, -0.05) is 29.5 Å². The monoisotopic (exact) mass is 405 g/mol. The maximum absolute atomic E-state index is 6.01. The van der Waals surface area contributed by atoms with E-state index < -0.39 is 0 Å². The van der Waals surface area contributed by atoms with Gasteiger partial charge in [-0.15, -0.1) is 40.1 Å². The predicted octanol–water partition coefficient (Wildman–Crippen LogP) is 4.81. The highest BCUT2D eigenvalue weighted by molar-refractivity contribution is 7.19. The van der Waals surface area contributed by atoms with E-state index in [0.29, 0.717) is 5.82 Å². The van der Waals surface area contributed by atoms with Gasteiger partial charge in [0.2, 0.25) is 4.96 Å². The summed E-state index contributed by atoms with van der Waals surface area (Å²) in [6.07, 6.45) is 3.46. The molecule has 0 unspecified atom stereocenters. The van der Waals surface area contributed by atoms with E-state index in [2.05, 4.69) is 26.3 Å². The third-order valence-corrected chi connectivity index (χ3v) is 4.86. The molecule has 1 aromatic carbocycles. The molecule has 0 amide bonds. The van der Waals surface area contributed by atoms with Gasteiger partial charge in [0.05, 0.1) is 0 Å². The number of para-hydroxylation sites is 1. The summed E-state index contributed by atoms with van der Waals surface area (Å²) >= 11 is 1.46. The molecule has 5 aromatic rings. The summed E-state index contributed by atoms with van der Waals surface area (Å²) < 4.78 is 7.76. The zero-order valence-electron chi connectivity index (χ0n) is 13.5. The summed E-state index contributed by atoms with van der Waals surface area (Å²) in [4.78, 5) is 4.77. The quantitative estimate of drug-likeness (QED) is 0.421. The number of hydrogen-bond acceptors (Lipinski definition) is 6. The number of furan rings is 1. The molecular formula is C17H13Cl2N5OS. The van der Waals surface area contributed by atoms with Gasteiger partial charge in [0.25, 0.3) is 0 Å². The summed E-state index contributed by atoms with van der Waals surface area (Å²) in [5.74, 6) is 1.48. The molecule has 0 saturated heterocycles. The first kappa shape index (κ1) is 18.3. The average molecular weight is 406 g/mol. The molecule has 0 saturated carbocycles. The molecule has 0 spiro atoms. The third kappa shape index (κ3) is 2.74. The van der Waals surface area contributed by atoms with E-state index in [-0.39, 0.29) is 24.8 Å². The second-order valence-corrected chi connectivity index (χ2v) is 6.37. The van der Waals surface area contributed by atoms with Crippen LogP contribution in [0.3, 0.4) is 0 Å². The minimum Gasteiger partial charge on any atom is -0.453 e. The Balaban J connectivity index is 0.000000980. The Morgan fingerprint density at radius 2 is 1.77 bits per heavy atom. The first-order valence-electron chi connectivity index (χ1n) is 7.42. The Labute approximate surface area is 164 Å². The number of hydrogen-bond donors (Lipinski definition) is 0.